The number of benzene rings is 1. The number of halogens is 2. The van der Waals surface area contributed by atoms with E-state index in [0.29, 0.717) is 12.1 Å². The largest absolute Gasteiger partial charge is 0.415 e. The van der Waals surface area contributed by atoms with Crippen molar-refractivity contribution < 1.29 is 24.2 Å². The second-order valence-corrected chi connectivity index (χ2v) is 5.22. The molecule has 0 fully saturated rings. The third-order valence-corrected chi connectivity index (χ3v) is 2.57. The van der Waals surface area contributed by atoms with E-state index in [9.17, 15) is 14.7 Å². The van der Waals surface area contributed by atoms with E-state index in [1.807, 2.05) is 0 Å². The number of hydrogen-bond acceptors (Lipinski definition) is 6. The van der Waals surface area contributed by atoms with Gasteiger partial charge in [-0.2, -0.15) is 0 Å². The molecular formula is C11H11I2NO5. The Morgan fingerprint density at radius 2 is 1.84 bits per heavy atom. The van der Waals surface area contributed by atoms with Crippen LogP contribution in [0.1, 0.15) is 11.7 Å². The van der Waals surface area contributed by atoms with Gasteiger partial charge >= 0.3 is 7.95 Å². The van der Waals surface area contributed by atoms with E-state index >= 15 is 0 Å². The van der Waals surface area contributed by atoms with Gasteiger partial charge in [-0.25, -0.2) is 9.59 Å². The number of aliphatic hydroxyl groups excluding tert-OH is 1. The van der Waals surface area contributed by atoms with Gasteiger partial charge in [0.2, 0.25) is 0 Å². The van der Waals surface area contributed by atoms with E-state index in [-0.39, 0.29) is 11.5 Å². The summed E-state index contributed by atoms with van der Waals surface area (Å²) in [6, 6.07) is 4.54. The smallest absolute Gasteiger partial charge is 0.372 e. The molecule has 0 aromatic heterocycles. The quantitative estimate of drug-likeness (QED) is 0.487. The van der Waals surface area contributed by atoms with Gasteiger partial charge in [-0.3, -0.25) is 0 Å². The fourth-order valence-electron chi connectivity index (χ4n) is 1.38. The zero-order chi connectivity index (χ0) is 14.4. The van der Waals surface area contributed by atoms with Crippen molar-refractivity contribution in [2.75, 3.05) is 13.6 Å². The van der Waals surface area contributed by atoms with Crippen LogP contribution in [0, 0.1) is 0 Å². The van der Waals surface area contributed by atoms with Crippen LogP contribution >= 0.6 is 45.2 Å². The molecule has 0 bridgehead atoms. The number of ether oxygens (including phenoxy) is 2. The fraction of sp³-hybridized carbons (Fsp3) is 0.273. The molecule has 0 spiro atoms. The predicted octanol–water partition coefficient (Wildman–Crippen LogP) is 2.81. The van der Waals surface area contributed by atoms with E-state index in [4.69, 9.17) is 9.47 Å². The first-order valence-electron chi connectivity index (χ1n) is 5.15. The third-order valence-electron chi connectivity index (χ3n) is 2.13. The van der Waals surface area contributed by atoms with Gasteiger partial charge in [0.05, 0.1) is 51.3 Å². The maximum Gasteiger partial charge on any atom is 0.372 e. The summed E-state index contributed by atoms with van der Waals surface area (Å²) in [4.78, 5) is 21.9. The molecule has 1 rings (SSSR count). The van der Waals surface area contributed by atoms with Gasteiger partial charge in [0, 0.05) is 6.54 Å². The van der Waals surface area contributed by atoms with Crippen molar-refractivity contribution >= 4 is 53.1 Å². The Hall–Kier alpha value is -0.460. The van der Waals surface area contributed by atoms with Gasteiger partial charge in [-0.05, 0) is 24.7 Å². The van der Waals surface area contributed by atoms with E-state index in [1.54, 1.807) is 13.1 Å². The highest BCUT2D eigenvalue weighted by molar-refractivity contribution is 14.1. The van der Waals surface area contributed by atoms with Crippen molar-refractivity contribution in [2.24, 2.45) is 0 Å². The Balaban J connectivity index is 3.06. The Morgan fingerprint density at radius 1 is 1.26 bits per heavy atom. The molecule has 6 nitrogen and oxygen atoms in total. The molecular weight excluding hydrogens is 480 g/mol. The van der Waals surface area contributed by atoms with Crippen molar-refractivity contribution in [1.82, 2.24) is 5.32 Å². The van der Waals surface area contributed by atoms with Gasteiger partial charge in [0.15, 0.2) is 11.5 Å². The number of carbonyl (C=O) groups is 2. The maximum atomic E-state index is 11.0. The van der Waals surface area contributed by atoms with Crippen molar-refractivity contribution in [3.05, 3.63) is 23.8 Å². The molecule has 0 radical (unpaired) electrons. The first kappa shape index (κ1) is 16.6. The van der Waals surface area contributed by atoms with Crippen molar-refractivity contribution in [3.8, 4) is 11.5 Å². The summed E-state index contributed by atoms with van der Waals surface area (Å²) in [6.07, 6.45) is -0.749. The molecule has 1 atom stereocenters. The van der Waals surface area contributed by atoms with Crippen molar-refractivity contribution in [3.63, 3.8) is 0 Å². The standard InChI is InChI=1S/C11H11I2NO5/c1-14-5-7(15)6-2-3-8(18-10(12)16)9(4-6)19-11(13)17/h2-4,7,14-15H,5H2,1H3. The number of rotatable bonds is 5. The second kappa shape index (κ2) is 7.97. The summed E-state index contributed by atoms with van der Waals surface area (Å²) >= 11 is 2.93. The minimum absolute atomic E-state index is 0.0945. The molecule has 19 heavy (non-hydrogen) atoms. The molecule has 104 valence electrons. The molecule has 0 amide bonds. The molecule has 0 aliphatic rings. The Bertz CT molecular complexity index is 480. The molecule has 0 saturated carbocycles. The molecule has 0 aliphatic carbocycles. The lowest BCUT2D eigenvalue weighted by atomic mass is 10.1. The van der Waals surface area contributed by atoms with E-state index in [2.05, 4.69) is 5.32 Å². The van der Waals surface area contributed by atoms with Crippen LogP contribution in [0.5, 0.6) is 11.5 Å². The van der Waals surface area contributed by atoms with Crippen LogP contribution in [0.3, 0.4) is 0 Å². The SMILES string of the molecule is CNCC(O)c1ccc(OC(=O)I)c(OC(=O)I)c1. The summed E-state index contributed by atoms with van der Waals surface area (Å²) in [5.74, 6) is 0.224. The van der Waals surface area contributed by atoms with E-state index in [0.717, 1.165) is 0 Å². The number of nitrogens with one attached hydrogen (secondary N) is 1. The second-order valence-electron chi connectivity index (χ2n) is 3.46. The average Bonchev–Trinajstić information content (AvgIpc) is 2.30. The van der Waals surface area contributed by atoms with Crippen molar-refractivity contribution in [2.45, 2.75) is 6.10 Å². The highest BCUT2D eigenvalue weighted by Crippen LogP contribution is 2.32. The number of carbonyl (C=O) groups excluding carboxylic acids is 2. The number of hydrogen-bond donors (Lipinski definition) is 2. The van der Waals surface area contributed by atoms with Crippen LogP contribution in [-0.4, -0.2) is 26.7 Å². The van der Waals surface area contributed by atoms with Gasteiger partial charge in [0.1, 0.15) is 0 Å². The minimum Gasteiger partial charge on any atom is -0.415 e. The molecule has 1 aromatic rings. The highest BCUT2D eigenvalue weighted by atomic mass is 127. The third kappa shape index (κ3) is 5.58. The van der Waals surface area contributed by atoms with Gasteiger partial charge in [-0.15, -0.1) is 0 Å². The summed E-state index contributed by atoms with van der Waals surface area (Å²) in [5, 5.41) is 12.7. The van der Waals surface area contributed by atoms with Gasteiger partial charge < -0.3 is 19.9 Å². The van der Waals surface area contributed by atoms with Crippen LogP contribution in [0.4, 0.5) is 9.59 Å². The molecule has 0 heterocycles. The lowest BCUT2D eigenvalue weighted by molar-refractivity contribution is 0.177. The van der Waals surface area contributed by atoms with Crippen LogP contribution in [0.2, 0.25) is 0 Å². The molecule has 8 heteroatoms. The summed E-state index contributed by atoms with van der Waals surface area (Å²) in [5.41, 5.74) is 0.551. The van der Waals surface area contributed by atoms with Crippen LogP contribution < -0.4 is 14.8 Å². The molecule has 0 aliphatic heterocycles. The zero-order valence-corrected chi connectivity index (χ0v) is 14.2. The van der Waals surface area contributed by atoms with Crippen LogP contribution in [0.25, 0.3) is 0 Å². The number of likely N-dealkylation sites (N-methyl/N-ethyl adjacent to an activating group) is 1. The average molecular weight is 491 g/mol. The fourth-order valence-corrected chi connectivity index (χ4v) is 1.85. The summed E-state index contributed by atoms with van der Waals surface area (Å²) in [7, 11) is 1.71. The minimum atomic E-state index is -0.749. The van der Waals surface area contributed by atoms with Crippen LogP contribution in [-0.2, 0) is 0 Å². The lowest BCUT2D eigenvalue weighted by Crippen LogP contribution is -2.16. The topological polar surface area (TPSA) is 84.9 Å². The molecule has 0 saturated heterocycles. The predicted molar refractivity (Wildman–Crippen MR) is 85.4 cm³/mol. The normalized spacial score (nSPS) is 11.8. The Labute approximate surface area is 137 Å². The molecule has 1 unspecified atom stereocenters. The maximum absolute atomic E-state index is 11.0. The van der Waals surface area contributed by atoms with Gasteiger partial charge in [0.25, 0.3) is 0 Å². The highest BCUT2D eigenvalue weighted by Gasteiger charge is 2.15. The van der Waals surface area contributed by atoms with E-state index in [1.165, 1.54) is 57.3 Å². The monoisotopic (exact) mass is 491 g/mol. The first-order chi connectivity index (χ1) is 8.93. The Morgan fingerprint density at radius 3 is 2.37 bits per heavy atom. The molecule has 2 N–H and O–H groups in total. The van der Waals surface area contributed by atoms with Crippen molar-refractivity contribution in [1.29, 1.82) is 0 Å². The molecule has 1 aromatic carbocycles. The van der Waals surface area contributed by atoms with Gasteiger partial charge in [-0.1, -0.05) is 6.07 Å². The van der Waals surface area contributed by atoms with Crippen LogP contribution in [0.15, 0.2) is 18.2 Å². The zero-order valence-electron chi connectivity index (χ0n) is 9.85. The first-order valence-corrected chi connectivity index (χ1v) is 7.31. The lowest BCUT2D eigenvalue weighted by Gasteiger charge is -2.13. The van der Waals surface area contributed by atoms with E-state index < -0.39 is 14.1 Å². The summed E-state index contributed by atoms with van der Waals surface area (Å²) < 4.78 is 8.75. The Kier molecular flexibility index (Phi) is 6.96. The number of aliphatic hydroxyl groups is 1. The summed E-state index contributed by atoms with van der Waals surface area (Å²) in [6.45, 7) is 0.350.